The summed E-state index contributed by atoms with van der Waals surface area (Å²) >= 11 is 0. The van der Waals surface area contributed by atoms with Crippen molar-refractivity contribution in [2.24, 2.45) is 5.73 Å². The van der Waals surface area contributed by atoms with E-state index < -0.39 is 0 Å². The monoisotopic (exact) mass is 251 g/mol. The second-order valence-electron chi connectivity index (χ2n) is 4.50. The van der Waals surface area contributed by atoms with Gasteiger partial charge in [-0.05, 0) is 44.0 Å². The number of hydrogen-bond donors (Lipinski definition) is 1. The highest BCUT2D eigenvalue weighted by Gasteiger charge is 2.00. The molecule has 1 unspecified atom stereocenters. The predicted octanol–water partition coefficient (Wildman–Crippen LogP) is 2.77. The lowest BCUT2D eigenvalue weighted by Crippen LogP contribution is -2.14. The maximum Gasteiger partial charge on any atom is 0.119 e. The van der Waals surface area contributed by atoms with Crippen LogP contribution in [0.15, 0.2) is 24.3 Å². The number of nitrogens with two attached hydrogens (primary N) is 1. The van der Waals surface area contributed by atoms with Crippen LogP contribution in [0.2, 0.25) is 0 Å². The van der Waals surface area contributed by atoms with Gasteiger partial charge in [-0.15, -0.1) is 0 Å². The Balaban J connectivity index is 2.19. The topological polar surface area (TPSA) is 44.5 Å². The van der Waals surface area contributed by atoms with E-state index in [-0.39, 0.29) is 0 Å². The highest BCUT2D eigenvalue weighted by Crippen LogP contribution is 2.12. The number of ether oxygens (including phenoxy) is 2. The fourth-order valence-electron chi connectivity index (χ4n) is 1.82. The van der Waals surface area contributed by atoms with Gasteiger partial charge in [0, 0.05) is 0 Å². The summed E-state index contributed by atoms with van der Waals surface area (Å²) in [6.45, 7) is 6.20. The molecule has 0 aliphatic heterocycles. The molecule has 0 spiro atoms. The van der Waals surface area contributed by atoms with Crippen LogP contribution in [0.5, 0.6) is 5.75 Å². The van der Waals surface area contributed by atoms with E-state index >= 15 is 0 Å². The number of benzene rings is 1. The smallest absolute Gasteiger partial charge is 0.119 e. The zero-order chi connectivity index (χ0) is 13.2. The van der Waals surface area contributed by atoms with Crippen molar-refractivity contribution < 1.29 is 9.47 Å². The summed E-state index contributed by atoms with van der Waals surface area (Å²) in [4.78, 5) is 0. The van der Waals surface area contributed by atoms with E-state index in [2.05, 4.69) is 26.0 Å². The molecule has 0 saturated heterocycles. The van der Waals surface area contributed by atoms with Gasteiger partial charge in [-0.2, -0.15) is 0 Å². The van der Waals surface area contributed by atoms with Crippen LogP contribution in [0.1, 0.15) is 32.3 Å². The molecule has 1 atom stereocenters. The Morgan fingerprint density at radius 2 is 1.89 bits per heavy atom. The van der Waals surface area contributed by atoms with Crippen molar-refractivity contribution in [3.63, 3.8) is 0 Å². The van der Waals surface area contributed by atoms with Crippen LogP contribution in [-0.4, -0.2) is 25.9 Å². The Bertz CT molecular complexity index is 311. The Hall–Kier alpha value is -1.06. The summed E-state index contributed by atoms with van der Waals surface area (Å²) in [5.74, 6) is 0.891. The molecule has 3 nitrogen and oxygen atoms in total. The third-order valence-electron chi connectivity index (χ3n) is 2.81. The molecule has 0 radical (unpaired) electrons. The Labute approximate surface area is 110 Å². The molecule has 0 aromatic heterocycles. The maximum absolute atomic E-state index is 5.62. The van der Waals surface area contributed by atoms with Gasteiger partial charge in [0.1, 0.15) is 12.4 Å². The van der Waals surface area contributed by atoms with E-state index in [0.29, 0.717) is 25.9 Å². The van der Waals surface area contributed by atoms with Crippen LogP contribution in [0.4, 0.5) is 0 Å². The normalized spacial score (nSPS) is 12.4. The molecule has 0 aliphatic carbocycles. The predicted molar refractivity (Wildman–Crippen MR) is 75.0 cm³/mol. The molecule has 0 bridgehead atoms. The molecular formula is C15H25NO2. The van der Waals surface area contributed by atoms with E-state index in [9.17, 15) is 0 Å². The van der Waals surface area contributed by atoms with Crippen molar-refractivity contribution in [3.8, 4) is 5.75 Å². The fraction of sp³-hybridized carbons (Fsp3) is 0.600. The van der Waals surface area contributed by atoms with Crippen molar-refractivity contribution in [2.45, 2.75) is 39.2 Å². The van der Waals surface area contributed by atoms with Gasteiger partial charge in [-0.25, -0.2) is 0 Å². The Kier molecular flexibility index (Phi) is 7.46. The molecule has 2 N–H and O–H groups in total. The van der Waals surface area contributed by atoms with E-state index in [4.69, 9.17) is 15.2 Å². The molecule has 0 heterocycles. The van der Waals surface area contributed by atoms with Crippen molar-refractivity contribution in [2.75, 3.05) is 19.8 Å². The van der Waals surface area contributed by atoms with Gasteiger partial charge in [0.05, 0.1) is 12.7 Å². The van der Waals surface area contributed by atoms with Gasteiger partial charge < -0.3 is 15.2 Å². The average molecular weight is 251 g/mol. The van der Waals surface area contributed by atoms with Gasteiger partial charge in [0.2, 0.25) is 0 Å². The fourth-order valence-corrected chi connectivity index (χ4v) is 1.82. The number of hydrogen-bond acceptors (Lipinski definition) is 3. The van der Waals surface area contributed by atoms with Crippen LogP contribution in [0, 0.1) is 0 Å². The molecule has 18 heavy (non-hydrogen) atoms. The van der Waals surface area contributed by atoms with Gasteiger partial charge in [0.15, 0.2) is 0 Å². The Morgan fingerprint density at radius 3 is 2.50 bits per heavy atom. The van der Waals surface area contributed by atoms with E-state index in [1.165, 1.54) is 5.56 Å². The van der Waals surface area contributed by atoms with E-state index in [1.807, 2.05) is 12.1 Å². The lowest BCUT2D eigenvalue weighted by Gasteiger charge is -2.12. The summed E-state index contributed by atoms with van der Waals surface area (Å²) in [7, 11) is 0. The highest BCUT2D eigenvalue weighted by molar-refractivity contribution is 5.27. The van der Waals surface area contributed by atoms with Crippen molar-refractivity contribution in [3.05, 3.63) is 29.8 Å². The van der Waals surface area contributed by atoms with Gasteiger partial charge in [-0.1, -0.05) is 25.5 Å². The SMILES string of the molecule is CCCC(C)OCCOc1ccc(CCN)cc1. The third kappa shape index (κ3) is 6.03. The molecule has 0 fully saturated rings. The van der Waals surface area contributed by atoms with Crippen molar-refractivity contribution in [1.29, 1.82) is 0 Å². The minimum absolute atomic E-state index is 0.325. The zero-order valence-electron chi connectivity index (χ0n) is 11.5. The first-order chi connectivity index (χ1) is 8.76. The van der Waals surface area contributed by atoms with Gasteiger partial charge in [-0.3, -0.25) is 0 Å². The van der Waals surface area contributed by atoms with Crippen LogP contribution >= 0.6 is 0 Å². The molecule has 0 amide bonds. The quantitative estimate of drug-likeness (QED) is 0.686. The van der Waals surface area contributed by atoms with Crippen LogP contribution in [0.25, 0.3) is 0 Å². The maximum atomic E-state index is 5.62. The Morgan fingerprint density at radius 1 is 1.17 bits per heavy atom. The summed E-state index contributed by atoms with van der Waals surface area (Å²) in [6.07, 6.45) is 3.50. The summed E-state index contributed by atoms with van der Waals surface area (Å²) in [5, 5.41) is 0. The minimum atomic E-state index is 0.325. The second-order valence-corrected chi connectivity index (χ2v) is 4.50. The lowest BCUT2D eigenvalue weighted by atomic mass is 10.1. The summed E-state index contributed by atoms with van der Waals surface area (Å²) in [5.41, 5.74) is 6.75. The largest absolute Gasteiger partial charge is 0.491 e. The van der Waals surface area contributed by atoms with E-state index in [1.54, 1.807) is 0 Å². The van der Waals surface area contributed by atoms with Crippen molar-refractivity contribution in [1.82, 2.24) is 0 Å². The first-order valence-corrected chi connectivity index (χ1v) is 6.79. The summed E-state index contributed by atoms with van der Waals surface area (Å²) < 4.78 is 11.2. The molecule has 102 valence electrons. The van der Waals surface area contributed by atoms with Crippen molar-refractivity contribution >= 4 is 0 Å². The number of rotatable bonds is 9. The zero-order valence-corrected chi connectivity index (χ0v) is 11.5. The van der Waals surface area contributed by atoms with Crippen LogP contribution < -0.4 is 10.5 Å². The lowest BCUT2D eigenvalue weighted by molar-refractivity contribution is 0.0395. The molecule has 1 aromatic rings. The van der Waals surface area contributed by atoms with E-state index in [0.717, 1.165) is 25.0 Å². The van der Waals surface area contributed by atoms with Crippen LogP contribution in [0.3, 0.4) is 0 Å². The first kappa shape index (κ1) is 15.0. The third-order valence-corrected chi connectivity index (χ3v) is 2.81. The van der Waals surface area contributed by atoms with Crippen LogP contribution in [-0.2, 0) is 11.2 Å². The minimum Gasteiger partial charge on any atom is -0.491 e. The molecular weight excluding hydrogens is 226 g/mol. The van der Waals surface area contributed by atoms with Gasteiger partial charge in [0.25, 0.3) is 0 Å². The first-order valence-electron chi connectivity index (χ1n) is 6.79. The highest BCUT2D eigenvalue weighted by atomic mass is 16.5. The van der Waals surface area contributed by atoms with Gasteiger partial charge >= 0.3 is 0 Å². The molecule has 1 rings (SSSR count). The molecule has 0 aliphatic rings. The molecule has 3 heteroatoms. The molecule has 1 aromatic carbocycles. The average Bonchev–Trinajstić information content (AvgIpc) is 2.37. The summed E-state index contributed by atoms with van der Waals surface area (Å²) in [6, 6.07) is 8.09. The molecule has 0 saturated carbocycles. The standard InChI is InChI=1S/C15H25NO2/c1-3-4-13(2)17-11-12-18-15-7-5-14(6-8-15)9-10-16/h5-8,13H,3-4,9-12,16H2,1-2H3. The second kappa shape index (κ2) is 8.95.